The average Bonchev–Trinajstić information content (AvgIpc) is 2.18. The maximum Gasteiger partial charge on any atom is 0.259 e. The first-order chi connectivity index (χ1) is 7.92. The second-order valence-electron chi connectivity index (χ2n) is 4.67. The zero-order valence-corrected chi connectivity index (χ0v) is 10.6. The Balaban J connectivity index is 2.91. The van der Waals surface area contributed by atoms with Gasteiger partial charge in [0.1, 0.15) is 11.6 Å². The van der Waals surface area contributed by atoms with Crippen LogP contribution in [0.25, 0.3) is 0 Å². The Bertz CT molecular complexity index is 364. The molecule has 0 aromatic carbocycles. The molecule has 1 aliphatic rings. The van der Waals surface area contributed by atoms with Gasteiger partial charge in [0.25, 0.3) is 5.91 Å². The Morgan fingerprint density at radius 3 is 2.53 bits per heavy atom. The molecule has 1 aliphatic heterocycles. The number of likely N-dealkylation sites (N-methyl/N-ethyl adjacent to an activating group) is 1. The van der Waals surface area contributed by atoms with Crippen LogP contribution in [-0.4, -0.2) is 42.1 Å². The molecule has 0 aromatic heterocycles. The first kappa shape index (κ1) is 13.7. The number of hydrogen-bond donors (Lipinski definition) is 1. The highest BCUT2D eigenvalue weighted by molar-refractivity contribution is 5.96. The number of primary amides is 1. The van der Waals surface area contributed by atoms with Crippen LogP contribution in [0.3, 0.4) is 0 Å². The van der Waals surface area contributed by atoms with E-state index in [0.717, 1.165) is 6.54 Å². The first-order valence-electron chi connectivity index (χ1n) is 5.69. The van der Waals surface area contributed by atoms with Crippen molar-refractivity contribution in [3.8, 4) is 6.07 Å². The SMILES string of the molecule is CCN(C1COC1)C(C)(C)C=C(C#N)C(N)=O. The molecule has 0 unspecified atom stereocenters. The maximum absolute atomic E-state index is 11.1. The quantitative estimate of drug-likeness (QED) is 0.555. The minimum atomic E-state index is -0.679. The van der Waals surface area contributed by atoms with Crippen molar-refractivity contribution in [3.63, 3.8) is 0 Å². The second-order valence-corrected chi connectivity index (χ2v) is 4.67. The van der Waals surface area contributed by atoms with Gasteiger partial charge in [0, 0.05) is 5.54 Å². The van der Waals surface area contributed by atoms with Gasteiger partial charge in [-0.15, -0.1) is 0 Å². The molecule has 0 atom stereocenters. The van der Waals surface area contributed by atoms with Crippen molar-refractivity contribution in [2.45, 2.75) is 32.4 Å². The van der Waals surface area contributed by atoms with Crippen LogP contribution in [0.15, 0.2) is 11.6 Å². The van der Waals surface area contributed by atoms with E-state index in [2.05, 4.69) is 4.90 Å². The average molecular weight is 237 g/mol. The molecule has 0 spiro atoms. The van der Waals surface area contributed by atoms with Gasteiger partial charge in [-0.2, -0.15) is 5.26 Å². The summed E-state index contributed by atoms with van der Waals surface area (Å²) < 4.78 is 5.17. The topological polar surface area (TPSA) is 79.3 Å². The van der Waals surface area contributed by atoms with Gasteiger partial charge in [0.2, 0.25) is 0 Å². The van der Waals surface area contributed by atoms with Crippen LogP contribution in [0.1, 0.15) is 20.8 Å². The van der Waals surface area contributed by atoms with Gasteiger partial charge in [-0.3, -0.25) is 9.69 Å². The summed E-state index contributed by atoms with van der Waals surface area (Å²) in [4.78, 5) is 13.3. The summed E-state index contributed by atoms with van der Waals surface area (Å²) in [5.74, 6) is -0.679. The van der Waals surface area contributed by atoms with Crippen molar-refractivity contribution in [3.05, 3.63) is 11.6 Å². The summed E-state index contributed by atoms with van der Waals surface area (Å²) in [5.41, 5.74) is 4.77. The lowest BCUT2D eigenvalue weighted by Gasteiger charge is -2.45. The number of carbonyl (C=O) groups excluding carboxylic acids is 1. The van der Waals surface area contributed by atoms with Crippen molar-refractivity contribution in [1.82, 2.24) is 4.90 Å². The van der Waals surface area contributed by atoms with Crippen LogP contribution in [0.2, 0.25) is 0 Å². The fraction of sp³-hybridized carbons (Fsp3) is 0.667. The molecule has 94 valence electrons. The van der Waals surface area contributed by atoms with E-state index in [9.17, 15) is 4.79 Å². The summed E-state index contributed by atoms with van der Waals surface area (Å²) in [6.07, 6.45) is 1.64. The molecule has 0 bridgehead atoms. The molecule has 1 fully saturated rings. The van der Waals surface area contributed by atoms with Crippen molar-refractivity contribution < 1.29 is 9.53 Å². The largest absolute Gasteiger partial charge is 0.378 e. The number of nitrogens with zero attached hydrogens (tertiary/aromatic N) is 2. The number of rotatable bonds is 5. The van der Waals surface area contributed by atoms with Gasteiger partial charge in [-0.05, 0) is 26.5 Å². The van der Waals surface area contributed by atoms with Crippen molar-refractivity contribution in [2.75, 3.05) is 19.8 Å². The van der Waals surface area contributed by atoms with E-state index in [0.29, 0.717) is 19.3 Å². The van der Waals surface area contributed by atoms with Gasteiger partial charge in [-0.25, -0.2) is 0 Å². The van der Waals surface area contributed by atoms with Crippen LogP contribution < -0.4 is 5.73 Å². The number of carbonyl (C=O) groups is 1. The Morgan fingerprint density at radius 1 is 1.65 bits per heavy atom. The number of nitrogens with two attached hydrogens (primary N) is 1. The Hall–Kier alpha value is -1.38. The predicted molar refractivity (Wildman–Crippen MR) is 64.0 cm³/mol. The smallest absolute Gasteiger partial charge is 0.259 e. The molecule has 2 N–H and O–H groups in total. The van der Waals surface area contributed by atoms with Crippen LogP contribution in [0.5, 0.6) is 0 Å². The fourth-order valence-electron chi connectivity index (χ4n) is 2.13. The Labute approximate surface area is 102 Å². The summed E-state index contributed by atoms with van der Waals surface area (Å²) in [6, 6.07) is 2.19. The highest BCUT2D eigenvalue weighted by Crippen LogP contribution is 2.24. The van der Waals surface area contributed by atoms with Crippen molar-refractivity contribution >= 4 is 5.91 Å². The van der Waals surface area contributed by atoms with Crippen molar-refractivity contribution in [2.24, 2.45) is 5.73 Å². The monoisotopic (exact) mass is 237 g/mol. The van der Waals surface area contributed by atoms with Gasteiger partial charge in [0.05, 0.1) is 19.3 Å². The molecule has 5 nitrogen and oxygen atoms in total. The molecule has 0 aromatic rings. The molecule has 1 saturated heterocycles. The first-order valence-corrected chi connectivity index (χ1v) is 5.69. The summed E-state index contributed by atoms with van der Waals surface area (Å²) in [6.45, 7) is 8.20. The lowest BCUT2D eigenvalue weighted by Crippen LogP contribution is -2.57. The van der Waals surface area contributed by atoms with E-state index in [-0.39, 0.29) is 11.1 Å². The molecule has 1 amide bonds. The van der Waals surface area contributed by atoms with Gasteiger partial charge >= 0.3 is 0 Å². The van der Waals surface area contributed by atoms with Gasteiger partial charge in [-0.1, -0.05) is 6.92 Å². The normalized spacial score (nSPS) is 17.7. The fourth-order valence-corrected chi connectivity index (χ4v) is 2.13. The number of nitriles is 1. The molecule has 0 saturated carbocycles. The zero-order chi connectivity index (χ0) is 13.1. The van der Waals surface area contributed by atoms with Gasteiger partial charge in [0.15, 0.2) is 0 Å². The van der Waals surface area contributed by atoms with Crippen molar-refractivity contribution in [1.29, 1.82) is 5.26 Å². The molecule has 17 heavy (non-hydrogen) atoms. The molecule has 5 heteroatoms. The minimum Gasteiger partial charge on any atom is -0.378 e. The third-order valence-corrected chi connectivity index (χ3v) is 3.03. The molecular weight excluding hydrogens is 218 g/mol. The summed E-state index contributed by atoms with van der Waals surface area (Å²) in [5, 5.41) is 8.86. The van der Waals surface area contributed by atoms with Crippen LogP contribution >= 0.6 is 0 Å². The minimum absolute atomic E-state index is 0.00805. The van der Waals surface area contributed by atoms with E-state index < -0.39 is 5.91 Å². The number of ether oxygens (including phenoxy) is 1. The second kappa shape index (κ2) is 5.30. The van der Waals surface area contributed by atoms with Crippen LogP contribution in [0.4, 0.5) is 0 Å². The molecule has 0 aliphatic carbocycles. The third kappa shape index (κ3) is 3.05. The lowest BCUT2D eigenvalue weighted by molar-refractivity contribution is -0.114. The molecule has 0 radical (unpaired) electrons. The van der Waals surface area contributed by atoms with E-state index >= 15 is 0 Å². The number of amides is 1. The van der Waals surface area contributed by atoms with Crippen LogP contribution in [0, 0.1) is 11.3 Å². The highest BCUT2D eigenvalue weighted by Gasteiger charge is 2.34. The zero-order valence-electron chi connectivity index (χ0n) is 10.6. The Kier molecular flexibility index (Phi) is 4.27. The standard InChI is InChI=1S/C12H19N3O2/c1-4-15(10-7-17-8-10)12(2,3)5-9(6-13)11(14)16/h5,10H,4,7-8H2,1-3H3,(H2,14,16). The Morgan fingerprint density at radius 2 is 2.24 bits per heavy atom. The van der Waals surface area contributed by atoms with Gasteiger partial charge < -0.3 is 10.5 Å². The van der Waals surface area contributed by atoms with Crippen LogP contribution in [-0.2, 0) is 9.53 Å². The maximum atomic E-state index is 11.1. The highest BCUT2D eigenvalue weighted by atomic mass is 16.5. The number of hydrogen-bond acceptors (Lipinski definition) is 4. The summed E-state index contributed by atoms with van der Waals surface area (Å²) >= 11 is 0. The summed E-state index contributed by atoms with van der Waals surface area (Å²) in [7, 11) is 0. The van der Waals surface area contributed by atoms with E-state index in [1.165, 1.54) is 0 Å². The third-order valence-electron chi connectivity index (χ3n) is 3.03. The molecule has 1 rings (SSSR count). The lowest BCUT2D eigenvalue weighted by atomic mass is 9.96. The molecule has 1 heterocycles. The van der Waals surface area contributed by atoms with E-state index in [4.69, 9.17) is 15.7 Å². The van der Waals surface area contributed by atoms with E-state index in [1.807, 2.05) is 26.8 Å². The molecular formula is C12H19N3O2. The predicted octanol–water partition coefficient (Wildman–Crippen LogP) is 0.421. The van der Waals surface area contributed by atoms with E-state index in [1.54, 1.807) is 6.08 Å².